The van der Waals surface area contributed by atoms with Gasteiger partial charge in [0.2, 0.25) is 5.91 Å². The molecule has 13 heteroatoms. The number of nitrogens with zero attached hydrogens (tertiary/aromatic N) is 4. The molecule has 0 atom stereocenters. The van der Waals surface area contributed by atoms with E-state index in [4.69, 9.17) is 27.9 Å². The van der Waals surface area contributed by atoms with Crippen LogP contribution in [-0.4, -0.2) is 31.3 Å². The molecule has 1 aromatic heterocycles. The number of halogens is 3. The molecule has 0 aliphatic rings. The van der Waals surface area contributed by atoms with Gasteiger partial charge in [0.15, 0.2) is 11.0 Å². The lowest BCUT2D eigenvalue weighted by molar-refractivity contribution is -0.384. The van der Waals surface area contributed by atoms with E-state index in [2.05, 4.69) is 15.5 Å². The lowest BCUT2D eigenvalue weighted by Gasteiger charge is -2.08. The number of rotatable bonds is 8. The molecular formula is C18H14Cl2FN5O4S. The Labute approximate surface area is 189 Å². The summed E-state index contributed by atoms with van der Waals surface area (Å²) in [6.45, 7) is 0.0571. The molecule has 9 nitrogen and oxygen atoms in total. The number of carbonyl (C=O) groups excluding carboxylic acids is 1. The van der Waals surface area contributed by atoms with Crippen molar-refractivity contribution >= 4 is 52.2 Å². The maximum Gasteiger partial charge on any atom is 0.271 e. The van der Waals surface area contributed by atoms with Crippen molar-refractivity contribution in [2.45, 2.75) is 11.8 Å². The Balaban J connectivity index is 1.57. The number of nitro benzene ring substituents is 1. The highest BCUT2D eigenvalue weighted by atomic mass is 35.5. The summed E-state index contributed by atoms with van der Waals surface area (Å²) in [6, 6.07) is 7.76. The van der Waals surface area contributed by atoms with Crippen molar-refractivity contribution in [2.24, 2.45) is 7.05 Å². The summed E-state index contributed by atoms with van der Waals surface area (Å²) >= 11 is 12.8. The maximum absolute atomic E-state index is 13.2. The van der Waals surface area contributed by atoms with E-state index in [1.807, 2.05) is 0 Å². The smallest absolute Gasteiger partial charge is 0.271 e. The number of aromatic nitrogens is 3. The summed E-state index contributed by atoms with van der Waals surface area (Å²) in [5.41, 5.74) is -0.0424. The molecule has 0 saturated carbocycles. The van der Waals surface area contributed by atoms with Gasteiger partial charge in [0, 0.05) is 25.2 Å². The van der Waals surface area contributed by atoms with Crippen LogP contribution in [0.5, 0.6) is 5.75 Å². The average Bonchev–Trinajstić information content (AvgIpc) is 3.08. The third kappa shape index (κ3) is 5.84. The van der Waals surface area contributed by atoms with Crippen molar-refractivity contribution < 1.29 is 18.8 Å². The maximum atomic E-state index is 13.2. The van der Waals surface area contributed by atoms with Crippen LogP contribution in [0.1, 0.15) is 5.82 Å². The predicted octanol–water partition coefficient (Wildman–Crippen LogP) is 4.48. The highest BCUT2D eigenvalue weighted by Gasteiger charge is 2.15. The molecule has 2 aromatic carbocycles. The van der Waals surface area contributed by atoms with Crippen LogP contribution < -0.4 is 10.1 Å². The summed E-state index contributed by atoms with van der Waals surface area (Å²) in [7, 11) is 1.70. The number of ether oxygens (including phenoxy) is 1. The minimum absolute atomic E-state index is 0.0284. The second-order valence-corrected chi connectivity index (χ2v) is 7.84. The van der Waals surface area contributed by atoms with Crippen molar-refractivity contribution in [3.8, 4) is 5.75 Å². The van der Waals surface area contributed by atoms with E-state index in [0.29, 0.717) is 16.7 Å². The molecule has 162 valence electrons. The zero-order valence-corrected chi connectivity index (χ0v) is 18.2. The lowest BCUT2D eigenvalue weighted by Crippen LogP contribution is -2.15. The Morgan fingerprint density at radius 2 is 2.03 bits per heavy atom. The quantitative estimate of drug-likeness (QED) is 0.284. The van der Waals surface area contributed by atoms with Gasteiger partial charge < -0.3 is 14.6 Å². The number of nitrogens with one attached hydrogen (secondary N) is 1. The first-order valence-corrected chi connectivity index (χ1v) is 10.3. The zero-order chi connectivity index (χ0) is 22.5. The molecule has 0 aliphatic carbocycles. The van der Waals surface area contributed by atoms with E-state index < -0.39 is 16.6 Å². The number of benzene rings is 2. The van der Waals surface area contributed by atoms with Gasteiger partial charge in [-0.2, -0.15) is 0 Å². The Morgan fingerprint density at radius 3 is 2.74 bits per heavy atom. The topological polar surface area (TPSA) is 112 Å². The first-order valence-electron chi connectivity index (χ1n) is 8.57. The molecule has 0 bridgehead atoms. The summed E-state index contributed by atoms with van der Waals surface area (Å²) in [5, 5.41) is 22.0. The van der Waals surface area contributed by atoms with Crippen LogP contribution >= 0.6 is 35.0 Å². The van der Waals surface area contributed by atoms with Crippen molar-refractivity contribution in [1.29, 1.82) is 0 Å². The van der Waals surface area contributed by atoms with Crippen molar-refractivity contribution in [2.75, 3.05) is 11.1 Å². The van der Waals surface area contributed by atoms with E-state index in [1.54, 1.807) is 11.6 Å². The van der Waals surface area contributed by atoms with Gasteiger partial charge in [0.05, 0.1) is 26.4 Å². The van der Waals surface area contributed by atoms with Crippen LogP contribution in [-0.2, 0) is 18.4 Å². The second kappa shape index (κ2) is 9.94. The van der Waals surface area contributed by atoms with Crippen LogP contribution in [0.2, 0.25) is 10.0 Å². The number of amides is 1. The predicted molar refractivity (Wildman–Crippen MR) is 114 cm³/mol. The van der Waals surface area contributed by atoms with Gasteiger partial charge in [0.25, 0.3) is 5.69 Å². The van der Waals surface area contributed by atoms with Crippen LogP contribution in [0.4, 0.5) is 15.8 Å². The van der Waals surface area contributed by atoms with Gasteiger partial charge in [-0.15, -0.1) is 10.2 Å². The largest absolute Gasteiger partial charge is 0.486 e. The number of nitro groups is 1. The molecule has 0 aliphatic heterocycles. The number of hydrogen-bond donors (Lipinski definition) is 1. The van der Waals surface area contributed by atoms with Crippen molar-refractivity contribution in [3.63, 3.8) is 0 Å². The number of thioether (sulfide) groups is 1. The number of anilines is 1. The fraction of sp³-hybridized carbons (Fsp3) is 0.167. The van der Waals surface area contributed by atoms with Gasteiger partial charge in [0.1, 0.15) is 18.2 Å². The van der Waals surface area contributed by atoms with Gasteiger partial charge in [-0.25, -0.2) is 4.39 Å². The Kier molecular flexibility index (Phi) is 7.31. The van der Waals surface area contributed by atoms with E-state index in [9.17, 15) is 19.3 Å². The van der Waals surface area contributed by atoms with Gasteiger partial charge >= 0.3 is 0 Å². The Hall–Kier alpha value is -2.89. The normalized spacial score (nSPS) is 10.7. The fourth-order valence-electron chi connectivity index (χ4n) is 2.35. The molecule has 1 amide bonds. The molecule has 1 N–H and O–H groups in total. The number of carbonyl (C=O) groups is 1. The van der Waals surface area contributed by atoms with E-state index in [-0.39, 0.29) is 33.8 Å². The zero-order valence-electron chi connectivity index (χ0n) is 15.8. The minimum atomic E-state index is -0.580. The Morgan fingerprint density at radius 1 is 1.26 bits per heavy atom. The summed E-state index contributed by atoms with van der Waals surface area (Å²) in [6.07, 6.45) is 0. The third-order valence-electron chi connectivity index (χ3n) is 3.95. The SMILES string of the molecule is Cn1c(COc2ccc(F)c(Cl)c2)nnc1SCC(=O)Nc1cc([N+](=O)[O-])ccc1Cl. The van der Waals surface area contributed by atoms with E-state index in [0.717, 1.165) is 11.8 Å². The van der Waals surface area contributed by atoms with Gasteiger partial charge in [-0.1, -0.05) is 35.0 Å². The van der Waals surface area contributed by atoms with Crippen LogP contribution in [0.3, 0.4) is 0 Å². The minimum Gasteiger partial charge on any atom is -0.486 e. The number of non-ortho nitro benzene ring substituents is 1. The van der Waals surface area contributed by atoms with Crippen molar-refractivity contribution in [1.82, 2.24) is 14.8 Å². The molecule has 0 radical (unpaired) electrons. The third-order valence-corrected chi connectivity index (χ3v) is 5.59. The first-order chi connectivity index (χ1) is 14.7. The summed E-state index contributed by atoms with van der Waals surface area (Å²) in [4.78, 5) is 22.5. The number of hydrogen-bond acceptors (Lipinski definition) is 7. The molecule has 3 rings (SSSR count). The molecule has 0 fully saturated rings. The molecule has 1 heterocycles. The average molecular weight is 486 g/mol. The highest BCUT2D eigenvalue weighted by Crippen LogP contribution is 2.27. The van der Waals surface area contributed by atoms with Gasteiger partial charge in [-0.05, 0) is 18.2 Å². The Bertz CT molecular complexity index is 1140. The molecular weight excluding hydrogens is 472 g/mol. The molecule has 0 unspecified atom stereocenters. The van der Waals surface area contributed by atoms with Crippen molar-refractivity contribution in [3.05, 3.63) is 68.2 Å². The highest BCUT2D eigenvalue weighted by molar-refractivity contribution is 7.99. The standard InChI is InChI=1S/C18H14Cl2FN5O4S/c1-25-16(8-30-11-3-5-14(21)13(20)7-11)23-24-18(25)31-9-17(27)22-15-6-10(26(28)29)2-4-12(15)19/h2-7H,8-9H2,1H3,(H,22,27). The fourth-order valence-corrected chi connectivity index (χ4v) is 3.42. The molecule has 31 heavy (non-hydrogen) atoms. The monoisotopic (exact) mass is 485 g/mol. The molecule has 3 aromatic rings. The summed E-state index contributed by atoms with van der Waals surface area (Å²) in [5.74, 6) is -0.147. The second-order valence-electron chi connectivity index (χ2n) is 6.08. The van der Waals surface area contributed by atoms with Crippen LogP contribution in [0.15, 0.2) is 41.6 Å². The van der Waals surface area contributed by atoms with Crippen LogP contribution in [0.25, 0.3) is 0 Å². The summed E-state index contributed by atoms with van der Waals surface area (Å²) < 4.78 is 20.4. The molecule has 0 saturated heterocycles. The first kappa shape index (κ1) is 22.8. The van der Waals surface area contributed by atoms with E-state index >= 15 is 0 Å². The van der Waals surface area contributed by atoms with E-state index in [1.165, 1.54) is 36.4 Å². The van der Waals surface area contributed by atoms with Gasteiger partial charge in [-0.3, -0.25) is 14.9 Å². The molecule has 0 spiro atoms. The lowest BCUT2D eigenvalue weighted by atomic mass is 10.3. The van der Waals surface area contributed by atoms with Crippen LogP contribution in [0, 0.1) is 15.9 Å².